The van der Waals surface area contributed by atoms with E-state index >= 15 is 0 Å². The van der Waals surface area contributed by atoms with Crippen molar-refractivity contribution >= 4 is 29.9 Å². The van der Waals surface area contributed by atoms with E-state index in [1.165, 1.54) is 19.3 Å². The first-order valence-corrected chi connectivity index (χ1v) is 8.49. The standard InChI is InChI=1S/C17H30N4O.HI/c1-4-5-10-19-17(18-3)20-13-15(21-11-6-7-12-21)16-9-8-14(2)22-16;/h8-9,15H,4-7,10-13H2,1-3H3,(H2,18,19,20);1H. The van der Waals surface area contributed by atoms with Crippen molar-refractivity contribution in [2.45, 2.75) is 45.6 Å². The van der Waals surface area contributed by atoms with E-state index in [-0.39, 0.29) is 30.0 Å². The summed E-state index contributed by atoms with van der Waals surface area (Å²) in [6, 6.07) is 4.43. The van der Waals surface area contributed by atoms with E-state index in [1.54, 1.807) is 0 Å². The molecule has 1 saturated heterocycles. The van der Waals surface area contributed by atoms with Crippen LogP contribution < -0.4 is 10.6 Å². The topological polar surface area (TPSA) is 52.8 Å². The minimum Gasteiger partial charge on any atom is -0.465 e. The highest BCUT2D eigenvalue weighted by atomic mass is 127. The second-order valence-corrected chi connectivity index (χ2v) is 5.94. The quantitative estimate of drug-likeness (QED) is 0.299. The molecule has 0 amide bonds. The van der Waals surface area contributed by atoms with Gasteiger partial charge in [0.05, 0.1) is 6.04 Å². The maximum atomic E-state index is 5.88. The Kier molecular flexibility index (Phi) is 9.62. The summed E-state index contributed by atoms with van der Waals surface area (Å²) in [6.07, 6.45) is 4.90. The van der Waals surface area contributed by atoms with Gasteiger partial charge in [-0.05, 0) is 51.4 Å². The van der Waals surface area contributed by atoms with Crippen molar-refractivity contribution in [1.82, 2.24) is 15.5 Å². The van der Waals surface area contributed by atoms with Gasteiger partial charge in [0, 0.05) is 20.1 Å². The van der Waals surface area contributed by atoms with Gasteiger partial charge in [0.2, 0.25) is 0 Å². The van der Waals surface area contributed by atoms with E-state index in [0.717, 1.165) is 50.1 Å². The number of halogens is 1. The molecule has 2 heterocycles. The fraction of sp³-hybridized carbons (Fsp3) is 0.706. The summed E-state index contributed by atoms with van der Waals surface area (Å²) >= 11 is 0. The molecule has 1 fully saturated rings. The number of aliphatic imine (C=N–C) groups is 1. The zero-order chi connectivity index (χ0) is 15.8. The summed E-state index contributed by atoms with van der Waals surface area (Å²) in [7, 11) is 1.82. The monoisotopic (exact) mass is 434 g/mol. The zero-order valence-electron chi connectivity index (χ0n) is 14.6. The van der Waals surface area contributed by atoms with Gasteiger partial charge < -0.3 is 15.1 Å². The largest absolute Gasteiger partial charge is 0.465 e. The third kappa shape index (κ3) is 6.33. The van der Waals surface area contributed by atoms with Crippen molar-refractivity contribution in [1.29, 1.82) is 0 Å². The fourth-order valence-corrected chi connectivity index (χ4v) is 2.89. The SMILES string of the molecule is CCCCNC(=NC)NCC(c1ccc(C)o1)N1CCCC1.I. The Hall–Kier alpha value is -0.760. The molecule has 2 N–H and O–H groups in total. The normalized spacial score (nSPS) is 16.9. The molecule has 0 saturated carbocycles. The lowest BCUT2D eigenvalue weighted by molar-refractivity contribution is 0.213. The van der Waals surface area contributed by atoms with Crippen molar-refractivity contribution in [3.63, 3.8) is 0 Å². The molecule has 5 nitrogen and oxygen atoms in total. The highest BCUT2D eigenvalue weighted by Crippen LogP contribution is 2.26. The molecule has 0 radical (unpaired) electrons. The van der Waals surface area contributed by atoms with Crippen molar-refractivity contribution in [2.24, 2.45) is 4.99 Å². The molecule has 0 aliphatic carbocycles. The lowest BCUT2D eigenvalue weighted by Gasteiger charge is -2.26. The van der Waals surface area contributed by atoms with E-state index in [4.69, 9.17) is 4.42 Å². The van der Waals surface area contributed by atoms with Gasteiger partial charge in [-0.2, -0.15) is 0 Å². The molecule has 1 aromatic rings. The molecular formula is C17H31IN4O. The van der Waals surface area contributed by atoms with Crippen LogP contribution in [0.2, 0.25) is 0 Å². The van der Waals surface area contributed by atoms with Gasteiger partial charge in [-0.3, -0.25) is 9.89 Å². The number of nitrogens with one attached hydrogen (secondary N) is 2. The number of likely N-dealkylation sites (tertiary alicyclic amines) is 1. The van der Waals surface area contributed by atoms with Crippen LogP contribution >= 0.6 is 24.0 Å². The van der Waals surface area contributed by atoms with Gasteiger partial charge in [0.25, 0.3) is 0 Å². The lowest BCUT2D eigenvalue weighted by Crippen LogP contribution is -2.42. The maximum absolute atomic E-state index is 5.88. The predicted octanol–water partition coefficient (Wildman–Crippen LogP) is 3.31. The molecule has 1 unspecified atom stereocenters. The van der Waals surface area contributed by atoms with Crippen molar-refractivity contribution in [2.75, 3.05) is 33.2 Å². The maximum Gasteiger partial charge on any atom is 0.191 e. The minimum atomic E-state index is 0. The van der Waals surface area contributed by atoms with Crippen LogP contribution in [-0.4, -0.2) is 44.1 Å². The lowest BCUT2D eigenvalue weighted by atomic mass is 10.2. The number of nitrogens with zero attached hydrogens (tertiary/aromatic N) is 2. The van der Waals surface area contributed by atoms with Crippen LogP contribution in [0.5, 0.6) is 0 Å². The third-order valence-corrected chi connectivity index (χ3v) is 4.18. The van der Waals surface area contributed by atoms with E-state index in [0.29, 0.717) is 0 Å². The van der Waals surface area contributed by atoms with Gasteiger partial charge >= 0.3 is 0 Å². The predicted molar refractivity (Wildman–Crippen MR) is 107 cm³/mol. The van der Waals surface area contributed by atoms with Gasteiger partial charge in [-0.25, -0.2) is 0 Å². The van der Waals surface area contributed by atoms with Crippen LogP contribution in [0.1, 0.15) is 50.2 Å². The Bertz CT molecular complexity index is 469. The molecule has 23 heavy (non-hydrogen) atoms. The number of guanidine groups is 1. The van der Waals surface area contributed by atoms with Crippen LogP contribution in [0.4, 0.5) is 0 Å². The van der Waals surface area contributed by atoms with Gasteiger partial charge in [0.15, 0.2) is 5.96 Å². The zero-order valence-corrected chi connectivity index (χ0v) is 16.9. The van der Waals surface area contributed by atoms with Gasteiger partial charge in [-0.15, -0.1) is 24.0 Å². The molecule has 132 valence electrons. The molecule has 2 rings (SSSR count). The number of hydrogen-bond donors (Lipinski definition) is 2. The first-order chi connectivity index (χ1) is 10.7. The Labute approximate surface area is 157 Å². The van der Waals surface area contributed by atoms with E-state index in [9.17, 15) is 0 Å². The summed E-state index contributed by atoms with van der Waals surface area (Å²) in [5.74, 6) is 2.90. The van der Waals surface area contributed by atoms with Gasteiger partial charge in [0.1, 0.15) is 11.5 Å². The Morgan fingerprint density at radius 3 is 2.61 bits per heavy atom. The Balaban J connectivity index is 0.00000264. The molecule has 1 aliphatic heterocycles. The summed E-state index contributed by atoms with van der Waals surface area (Å²) in [4.78, 5) is 6.81. The molecule has 0 spiro atoms. The molecule has 0 bridgehead atoms. The minimum absolute atomic E-state index is 0. The molecule has 1 atom stereocenters. The van der Waals surface area contributed by atoms with Gasteiger partial charge in [-0.1, -0.05) is 13.3 Å². The molecule has 1 aliphatic rings. The van der Waals surface area contributed by atoms with Crippen LogP contribution in [-0.2, 0) is 0 Å². The molecule has 1 aromatic heterocycles. The Morgan fingerprint density at radius 2 is 2.04 bits per heavy atom. The fourth-order valence-electron chi connectivity index (χ4n) is 2.89. The second kappa shape index (κ2) is 10.9. The number of aryl methyl sites for hydroxylation is 1. The van der Waals surface area contributed by atoms with E-state index < -0.39 is 0 Å². The average Bonchev–Trinajstić information content (AvgIpc) is 3.18. The molecular weight excluding hydrogens is 403 g/mol. The smallest absolute Gasteiger partial charge is 0.191 e. The number of unbranched alkanes of at least 4 members (excludes halogenated alkanes) is 1. The Morgan fingerprint density at radius 1 is 1.30 bits per heavy atom. The third-order valence-electron chi connectivity index (χ3n) is 4.18. The van der Waals surface area contributed by atoms with Crippen molar-refractivity contribution < 1.29 is 4.42 Å². The van der Waals surface area contributed by atoms with Crippen LogP contribution in [0.3, 0.4) is 0 Å². The summed E-state index contributed by atoms with van der Waals surface area (Å²) < 4.78 is 5.88. The van der Waals surface area contributed by atoms with E-state index in [1.807, 2.05) is 20.0 Å². The van der Waals surface area contributed by atoms with Crippen molar-refractivity contribution in [3.8, 4) is 0 Å². The average molecular weight is 434 g/mol. The first kappa shape index (κ1) is 20.3. The molecule has 6 heteroatoms. The van der Waals surface area contributed by atoms with E-state index in [2.05, 4.69) is 33.5 Å². The summed E-state index contributed by atoms with van der Waals surface area (Å²) in [5.41, 5.74) is 0. The summed E-state index contributed by atoms with van der Waals surface area (Å²) in [5, 5.41) is 6.81. The number of furan rings is 1. The van der Waals surface area contributed by atoms with Crippen LogP contribution in [0.15, 0.2) is 21.5 Å². The molecule has 0 aromatic carbocycles. The summed E-state index contributed by atoms with van der Waals surface area (Å²) in [6.45, 7) is 8.27. The highest BCUT2D eigenvalue weighted by molar-refractivity contribution is 14.0. The number of hydrogen-bond acceptors (Lipinski definition) is 3. The van der Waals surface area contributed by atoms with Crippen molar-refractivity contribution in [3.05, 3.63) is 23.7 Å². The number of rotatable bonds is 7. The van der Waals surface area contributed by atoms with Crippen LogP contribution in [0.25, 0.3) is 0 Å². The van der Waals surface area contributed by atoms with Crippen LogP contribution in [0, 0.1) is 6.92 Å². The first-order valence-electron chi connectivity index (χ1n) is 8.49. The highest BCUT2D eigenvalue weighted by Gasteiger charge is 2.26. The second-order valence-electron chi connectivity index (χ2n) is 5.94.